The number of ether oxygens (including phenoxy) is 1. The molecule has 0 radical (unpaired) electrons. The average Bonchev–Trinajstić information content (AvgIpc) is 3.06. The lowest BCUT2D eigenvalue weighted by atomic mass is 10.2. The van der Waals surface area contributed by atoms with Gasteiger partial charge >= 0.3 is 5.97 Å². The van der Waals surface area contributed by atoms with E-state index in [4.69, 9.17) is 38.8 Å². The molecule has 12 heteroatoms. The minimum Gasteiger partial charge on any atom is -0.481 e. The minimum absolute atomic E-state index is 0.0930. The van der Waals surface area contributed by atoms with Gasteiger partial charge in [-0.15, -0.1) is 10.2 Å². The number of rotatable bonds is 7. The lowest BCUT2D eigenvalue weighted by Gasteiger charge is -2.08. The molecule has 0 aliphatic heterocycles. The van der Waals surface area contributed by atoms with Crippen LogP contribution in [-0.2, 0) is 11.3 Å². The number of pyridine rings is 1. The van der Waals surface area contributed by atoms with Crippen LogP contribution >= 0.6 is 23.2 Å². The molecule has 0 bridgehead atoms. The van der Waals surface area contributed by atoms with Gasteiger partial charge in [0.25, 0.3) is 5.88 Å². The smallest absolute Gasteiger partial charge is 0.304 e. The van der Waals surface area contributed by atoms with E-state index in [0.29, 0.717) is 5.56 Å². The maximum Gasteiger partial charge on any atom is 0.304 e. The Morgan fingerprint density at radius 2 is 2.14 bits per heavy atom. The molecule has 0 aliphatic carbocycles. The third-order valence-electron chi connectivity index (χ3n) is 3.46. The zero-order valence-corrected chi connectivity index (χ0v) is 15.6. The predicted octanol–water partition coefficient (Wildman–Crippen LogP) is 2.78. The first-order valence-corrected chi connectivity index (χ1v) is 8.61. The molecule has 0 saturated heterocycles. The highest BCUT2D eigenvalue weighted by Crippen LogP contribution is 2.33. The molecule has 0 aliphatic rings. The van der Waals surface area contributed by atoms with Crippen molar-refractivity contribution in [2.24, 2.45) is 5.73 Å². The number of carboxylic acids is 1. The number of halogens is 3. The first-order chi connectivity index (χ1) is 13.3. The van der Waals surface area contributed by atoms with Crippen molar-refractivity contribution in [3.8, 4) is 23.0 Å². The topological polar surface area (TPSA) is 129 Å². The lowest BCUT2D eigenvalue weighted by molar-refractivity contribution is -0.137. The van der Waals surface area contributed by atoms with Crippen molar-refractivity contribution in [1.29, 1.82) is 0 Å². The Morgan fingerprint density at radius 3 is 2.82 bits per heavy atom. The third kappa shape index (κ3) is 4.91. The van der Waals surface area contributed by atoms with Gasteiger partial charge in [-0.05, 0) is 29.5 Å². The standard InChI is InChI=1S/C16H13Cl2FN6O3/c17-9-4-12(19)16(21-6-9)28-13-2-1-8(3-11(13)18)15-22-24-25(23-15)7-10(20)5-14(26)27/h1-4,6,10H,5,7,20H2,(H,26,27)/t10-/m0/s1. The molecule has 0 spiro atoms. The SMILES string of the molecule is N[C@@H](CC(=O)O)Cn1nnc(-c2ccc(Oc3ncc(Cl)cc3F)c(Cl)c2)n1. The summed E-state index contributed by atoms with van der Waals surface area (Å²) in [6, 6.07) is 5.05. The van der Waals surface area contributed by atoms with Crippen LogP contribution in [0.15, 0.2) is 30.5 Å². The van der Waals surface area contributed by atoms with Gasteiger partial charge in [-0.1, -0.05) is 23.2 Å². The normalized spacial score (nSPS) is 12.0. The van der Waals surface area contributed by atoms with Crippen molar-refractivity contribution in [1.82, 2.24) is 25.2 Å². The Hall–Kier alpha value is -2.82. The molecule has 1 aromatic carbocycles. The van der Waals surface area contributed by atoms with E-state index >= 15 is 0 Å². The second-order valence-electron chi connectivity index (χ2n) is 5.71. The number of nitrogens with two attached hydrogens (primary N) is 1. The van der Waals surface area contributed by atoms with Gasteiger partial charge in [0.05, 0.1) is 23.0 Å². The third-order valence-corrected chi connectivity index (χ3v) is 3.96. The highest BCUT2D eigenvalue weighted by molar-refractivity contribution is 6.32. The maximum absolute atomic E-state index is 13.8. The Balaban J connectivity index is 1.74. The lowest BCUT2D eigenvalue weighted by Crippen LogP contribution is -2.30. The molecule has 3 rings (SSSR count). The van der Waals surface area contributed by atoms with E-state index in [1.54, 1.807) is 6.07 Å². The van der Waals surface area contributed by atoms with Gasteiger partial charge in [-0.3, -0.25) is 4.79 Å². The summed E-state index contributed by atoms with van der Waals surface area (Å²) in [6.45, 7) is 0.0930. The Bertz CT molecular complexity index is 1020. The molecule has 3 N–H and O–H groups in total. The van der Waals surface area contributed by atoms with Gasteiger partial charge in [0.2, 0.25) is 5.82 Å². The van der Waals surface area contributed by atoms with Crippen LogP contribution in [0.1, 0.15) is 6.42 Å². The predicted molar refractivity (Wildman–Crippen MR) is 97.8 cm³/mol. The summed E-state index contributed by atoms with van der Waals surface area (Å²) in [4.78, 5) is 15.6. The molecule has 146 valence electrons. The fraction of sp³-hybridized carbons (Fsp3) is 0.188. The fourth-order valence-corrected chi connectivity index (χ4v) is 2.60. The maximum atomic E-state index is 13.8. The van der Waals surface area contributed by atoms with Crippen molar-refractivity contribution in [3.63, 3.8) is 0 Å². The van der Waals surface area contributed by atoms with Crippen molar-refractivity contribution < 1.29 is 19.0 Å². The molecular formula is C16H13Cl2FN6O3. The Labute approximate surface area is 167 Å². The highest BCUT2D eigenvalue weighted by Gasteiger charge is 2.15. The van der Waals surface area contributed by atoms with Crippen LogP contribution in [0.25, 0.3) is 11.4 Å². The van der Waals surface area contributed by atoms with Crippen LogP contribution in [0.2, 0.25) is 10.0 Å². The molecule has 2 aromatic heterocycles. The number of tetrazole rings is 1. The van der Waals surface area contributed by atoms with Crippen LogP contribution in [0.4, 0.5) is 4.39 Å². The van der Waals surface area contributed by atoms with Crippen LogP contribution < -0.4 is 10.5 Å². The van der Waals surface area contributed by atoms with E-state index < -0.39 is 17.8 Å². The average molecular weight is 427 g/mol. The molecule has 0 fully saturated rings. The van der Waals surface area contributed by atoms with Gasteiger partial charge in [0.1, 0.15) is 5.75 Å². The molecule has 0 unspecified atom stereocenters. The summed E-state index contributed by atoms with van der Waals surface area (Å²) in [7, 11) is 0. The molecule has 2 heterocycles. The summed E-state index contributed by atoms with van der Waals surface area (Å²) in [5, 5.41) is 20.9. The first-order valence-electron chi connectivity index (χ1n) is 7.86. The summed E-state index contributed by atoms with van der Waals surface area (Å²) >= 11 is 11.8. The molecule has 3 aromatic rings. The number of nitrogens with zero attached hydrogens (tertiary/aromatic N) is 5. The molecule has 0 saturated carbocycles. The number of aliphatic carboxylic acids is 1. The van der Waals surface area contributed by atoms with Crippen molar-refractivity contribution in [2.75, 3.05) is 0 Å². The van der Waals surface area contributed by atoms with E-state index in [2.05, 4.69) is 20.4 Å². The summed E-state index contributed by atoms with van der Waals surface area (Å²) < 4.78 is 19.2. The van der Waals surface area contributed by atoms with E-state index in [1.165, 1.54) is 23.1 Å². The van der Waals surface area contributed by atoms with Crippen molar-refractivity contribution >= 4 is 29.2 Å². The van der Waals surface area contributed by atoms with Gasteiger partial charge < -0.3 is 15.6 Å². The van der Waals surface area contributed by atoms with E-state index in [0.717, 1.165) is 6.07 Å². The van der Waals surface area contributed by atoms with Crippen LogP contribution in [0.5, 0.6) is 11.6 Å². The summed E-state index contributed by atoms with van der Waals surface area (Å²) in [5.41, 5.74) is 6.23. The largest absolute Gasteiger partial charge is 0.481 e. The first kappa shape index (κ1) is 19.9. The molecule has 9 nitrogen and oxygen atoms in total. The molecular weight excluding hydrogens is 414 g/mol. The molecule has 0 amide bonds. The van der Waals surface area contributed by atoms with E-state index in [-0.39, 0.29) is 40.5 Å². The number of hydrogen-bond donors (Lipinski definition) is 2. The zero-order chi connectivity index (χ0) is 20.3. The quantitative estimate of drug-likeness (QED) is 0.589. The van der Waals surface area contributed by atoms with Crippen molar-refractivity contribution in [3.05, 3.63) is 46.3 Å². The molecule has 28 heavy (non-hydrogen) atoms. The van der Waals surface area contributed by atoms with E-state index in [9.17, 15) is 9.18 Å². The Morgan fingerprint density at radius 1 is 1.36 bits per heavy atom. The van der Waals surface area contributed by atoms with E-state index in [1.807, 2.05) is 0 Å². The second kappa shape index (κ2) is 8.46. The number of hydrogen-bond acceptors (Lipinski definition) is 7. The zero-order valence-electron chi connectivity index (χ0n) is 14.1. The minimum atomic E-state index is -1.01. The van der Waals surface area contributed by atoms with Crippen molar-refractivity contribution in [2.45, 2.75) is 19.0 Å². The van der Waals surface area contributed by atoms with Gasteiger partial charge in [0, 0.05) is 17.8 Å². The highest BCUT2D eigenvalue weighted by atomic mass is 35.5. The number of aromatic nitrogens is 5. The van der Waals surface area contributed by atoms with Crippen LogP contribution in [0.3, 0.4) is 0 Å². The monoisotopic (exact) mass is 426 g/mol. The summed E-state index contributed by atoms with van der Waals surface area (Å²) in [6.07, 6.45) is 1.03. The van der Waals surface area contributed by atoms with Crippen LogP contribution in [0, 0.1) is 5.82 Å². The van der Waals surface area contributed by atoms with Gasteiger partial charge in [0.15, 0.2) is 5.82 Å². The second-order valence-corrected chi connectivity index (χ2v) is 6.56. The van der Waals surface area contributed by atoms with Gasteiger partial charge in [-0.2, -0.15) is 4.80 Å². The Kier molecular flexibility index (Phi) is 6.02. The number of carbonyl (C=O) groups is 1. The fourth-order valence-electron chi connectivity index (χ4n) is 2.24. The number of carboxylic acid groups (broad SMARTS) is 1. The van der Waals surface area contributed by atoms with Crippen LogP contribution in [-0.4, -0.2) is 42.3 Å². The number of benzene rings is 1. The molecule has 1 atom stereocenters. The summed E-state index contributed by atoms with van der Waals surface area (Å²) in [5.74, 6) is -1.57. The van der Waals surface area contributed by atoms with Gasteiger partial charge in [-0.25, -0.2) is 9.37 Å².